The zero-order chi connectivity index (χ0) is 14.1. The number of oxime groups is 1. The molecule has 1 heterocycles. The van der Waals surface area contributed by atoms with Crippen molar-refractivity contribution in [3.8, 4) is 5.69 Å². The minimum atomic E-state index is 0.140. The number of nitrogens with two attached hydrogens (primary N) is 1. The predicted octanol–water partition coefficient (Wildman–Crippen LogP) is 2.15. The predicted molar refractivity (Wildman–Crippen MR) is 77.5 cm³/mol. The van der Waals surface area contributed by atoms with Gasteiger partial charge in [0.05, 0.1) is 12.0 Å². The Kier molecular flexibility index (Phi) is 3.18. The fourth-order valence-corrected chi connectivity index (χ4v) is 2.83. The number of nitrogens with zero attached hydrogens (tertiary/aromatic N) is 3. The van der Waals surface area contributed by atoms with Crippen molar-refractivity contribution in [3.63, 3.8) is 0 Å². The van der Waals surface area contributed by atoms with Gasteiger partial charge in [0.25, 0.3) is 0 Å². The molecule has 0 saturated heterocycles. The average Bonchev–Trinajstić information content (AvgIpc) is 2.90. The molecule has 2 aromatic rings. The highest BCUT2D eigenvalue weighted by atomic mass is 16.4. The molecule has 1 aliphatic carbocycles. The molecule has 1 aliphatic rings. The molecular weight excluding hydrogens is 252 g/mol. The smallest absolute Gasteiger partial charge is 0.170 e. The van der Waals surface area contributed by atoms with Crippen LogP contribution in [0.1, 0.15) is 35.4 Å². The minimum absolute atomic E-state index is 0.140. The van der Waals surface area contributed by atoms with E-state index >= 15 is 0 Å². The molecule has 0 spiro atoms. The lowest BCUT2D eigenvalue weighted by Crippen LogP contribution is -2.15. The van der Waals surface area contributed by atoms with Crippen molar-refractivity contribution in [2.24, 2.45) is 10.9 Å². The van der Waals surface area contributed by atoms with E-state index in [1.165, 1.54) is 24.2 Å². The van der Waals surface area contributed by atoms with Crippen molar-refractivity contribution in [2.45, 2.75) is 32.6 Å². The van der Waals surface area contributed by atoms with Crippen LogP contribution < -0.4 is 5.73 Å². The minimum Gasteiger partial charge on any atom is -0.409 e. The Morgan fingerprint density at radius 3 is 2.90 bits per heavy atom. The summed E-state index contributed by atoms with van der Waals surface area (Å²) in [6.07, 6.45) is 6.50. The second-order valence-electron chi connectivity index (χ2n) is 5.20. The molecule has 0 radical (unpaired) electrons. The molecule has 20 heavy (non-hydrogen) atoms. The van der Waals surface area contributed by atoms with Gasteiger partial charge in [-0.25, -0.2) is 4.98 Å². The second kappa shape index (κ2) is 5.00. The lowest BCUT2D eigenvalue weighted by Gasteiger charge is -2.15. The van der Waals surface area contributed by atoms with Crippen molar-refractivity contribution in [1.82, 2.24) is 9.55 Å². The summed E-state index contributed by atoms with van der Waals surface area (Å²) < 4.78 is 2.15. The zero-order valence-electron chi connectivity index (χ0n) is 11.5. The number of aromatic nitrogens is 2. The fraction of sp³-hybridized carbons (Fsp3) is 0.333. The first kappa shape index (κ1) is 12.7. The normalized spacial score (nSPS) is 15.2. The molecule has 0 saturated carbocycles. The van der Waals surface area contributed by atoms with Crippen LogP contribution in [0.4, 0.5) is 0 Å². The standard InChI is InChI=1S/C15H18N4O/c1-10-8-11(6-7-12(10)15(16)18-20)19-9-17-13-4-2-3-5-14(13)19/h6-9,20H,2-5H2,1H3,(H2,16,18). The van der Waals surface area contributed by atoms with Gasteiger partial charge in [0.1, 0.15) is 0 Å². The maximum Gasteiger partial charge on any atom is 0.170 e. The van der Waals surface area contributed by atoms with Crippen LogP contribution in [0.5, 0.6) is 0 Å². The van der Waals surface area contributed by atoms with Gasteiger partial charge in [0.15, 0.2) is 5.84 Å². The topological polar surface area (TPSA) is 76.4 Å². The number of imidazole rings is 1. The van der Waals surface area contributed by atoms with Gasteiger partial charge in [0.2, 0.25) is 0 Å². The largest absolute Gasteiger partial charge is 0.409 e. The van der Waals surface area contributed by atoms with Crippen LogP contribution in [0.15, 0.2) is 29.7 Å². The molecule has 104 valence electrons. The van der Waals surface area contributed by atoms with Gasteiger partial charge in [-0.05, 0) is 56.4 Å². The highest BCUT2D eigenvalue weighted by Gasteiger charge is 2.16. The van der Waals surface area contributed by atoms with Crippen LogP contribution in [0.3, 0.4) is 0 Å². The van der Waals surface area contributed by atoms with Crippen molar-refractivity contribution < 1.29 is 5.21 Å². The van der Waals surface area contributed by atoms with Crippen LogP contribution in [0, 0.1) is 6.92 Å². The molecule has 1 aromatic carbocycles. The zero-order valence-corrected chi connectivity index (χ0v) is 11.5. The van der Waals surface area contributed by atoms with E-state index < -0.39 is 0 Å². The molecule has 1 aromatic heterocycles. The number of hydrogen-bond acceptors (Lipinski definition) is 3. The van der Waals surface area contributed by atoms with E-state index in [2.05, 4.69) is 14.7 Å². The Labute approximate surface area is 117 Å². The first-order valence-electron chi connectivity index (χ1n) is 6.84. The van der Waals surface area contributed by atoms with Crippen molar-refractivity contribution in [3.05, 3.63) is 47.0 Å². The molecule has 3 N–H and O–H groups in total. The van der Waals surface area contributed by atoms with Crippen LogP contribution in [-0.4, -0.2) is 20.6 Å². The SMILES string of the molecule is Cc1cc(-n2cnc3c2CCCC3)ccc1/C(N)=N/O. The maximum atomic E-state index is 8.77. The van der Waals surface area contributed by atoms with Crippen LogP contribution in [-0.2, 0) is 12.8 Å². The first-order valence-corrected chi connectivity index (χ1v) is 6.84. The summed E-state index contributed by atoms with van der Waals surface area (Å²) in [5.74, 6) is 0.140. The van der Waals surface area contributed by atoms with E-state index in [0.29, 0.717) is 0 Å². The lowest BCUT2D eigenvalue weighted by molar-refractivity contribution is 0.318. The summed E-state index contributed by atoms with van der Waals surface area (Å²) in [5.41, 5.74) is 11.0. The highest BCUT2D eigenvalue weighted by Crippen LogP contribution is 2.24. The summed E-state index contributed by atoms with van der Waals surface area (Å²) in [6.45, 7) is 1.96. The van der Waals surface area contributed by atoms with E-state index in [0.717, 1.165) is 29.7 Å². The summed E-state index contributed by atoms with van der Waals surface area (Å²) >= 11 is 0. The Hall–Kier alpha value is -2.30. The fourth-order valence-electron chi connectivity index (χ4n) is 2.83. The third-order valence-corrected chi connectivity index (χ3v) is 3.90. The van der Waals surface area contributed by atoms with Gasteiger partial charge >= 0.3 is 0 Å². The number of rotatable bonds is 2. The van der Waals surface area contributed by atoms with Crippen molar-refractivity contribution in [1.29, 1.82) is 0 Å². The molecule has 3 rings (SSSR count). The molecule has 5 heteroatoms. The van der Waals surface area contributed by atoms with E-state index in [-0.39, 0.29) is 5.84 Å². The number of fused-ring (bicyclic) bond motifs is 1. The lowest BCUT2D eigenvalue weighted by atomic mass is 10.0. The Balaban J connectivity index is 2.03. The van der Waals surface area contributed by atoms with Crippen LogP contribution >= 0.6 is 0 Å². The summed E-state index contributed by atoms with van der Waals surface area (Å²) in [7, 11) is 0. The van der Waals surface area contributed by atoms with E-state index in [9.17, 15) is 0 Å². The molecule has 0 atom stereocenters. The summed E-state index contributed by atoms with van der Waals surface area (Å²) in [6, 6.07) is 5.91. The van der Waals surface area contributed by atoms with Gasteiger partial charge in [-0.3, -0.25) is 0 Å². The van der Waals surface area contributed by atoms with Gasteiger partial charge in [-0.2, -0.15) is 0 Å². The number of hydrogen-bond donors (Lipinski definition) is 2. The van der Waals surface area contributed by atoms with Crippen LogP contribution in [0.25, 0.3) is 5.69 Å². The van der Waals surface area contributed by atoms with E-state index in [1.807, 2.05) is 31.5 Å². The van der Waals surface area contributed by atoms with E-state index in [4.69, 9.17) is 10.9 Å². The van der Waals surface area contributed by atoms with E-state index in [1.54, 1.807) is 0 Å². The third kappa shape index (κ3) is 2.05. The molecule has 0 aliphatic heterocycles. The Morgan fingerprint density at radius 1 is 1.35 bits per heavy atom. The molecular formula is C15H18N4O. The molecule has 0 bridgehead atoms. The first-order chi connectivity index (χ1) is 9.70. The third-order valence-electron chi connectivity index (χ3n) is 3.90. The molecule has 0 unspecified atom stereocenters. The van der Waals surface area contributed by atoms with Gasteiger partial charge in [-0.1, -0.05) is 5.16 Å². The Morgan fingerprint density at radius 2 is 2.15 bits per heavy atom. The quantitative estimate of drug-likeness (QED) is 0.380. The summed E-state index contributed by atoms with van der Waals surface area (Å²) in [5, 5.41) is 11.8. The Bertz CT molecular complexity index is 673. The second-order valence-corrected chi connectivity index (χ2v) is 5.20. The monoisotopic (exact) mass is 270 g/mol. The number of amidine groups is 1. The van der Waals surface area contributed by atoms with Crippen molar-refractivity contribution >= 4 is 5.84 Å². The van der Waals surface area contributed by atoms with Crippen molar-refractivity contribution in [2.75, 3.05) is 0 Å². The summed E-state index contributed by atoms with van der Waals surface area (Å²) in [4.78, 5) is 4.51. The maximum absolute atomic E-state index is 8.77. The average molecular weight is 270 g/mol. The number of aryl methyl sites for hydroxylation is 2. The molecule has 5 nitrogen and oxygen atoms in total. The van der Waals surface area contributed by atoms with Gasteiger partial charge in [0, 0.05) is 16.9 Å². The molecule has 0 fully saturated rings. The van der Waals surface area contributed by atoms with Gasteiger partial charge in [-0.15, -0.1) is 0 Å². The highest BCUT2D eigenvalue weighted by molar-refractivity contribution is 5.98. The van der Waals surface area contributed by atoms with Gasteiger partial charge < -0.3 is 15.5 Å². The van der Waals surface area contributed by atoms with Crippen LogP contribution in [0.2, 0.25) is 0 Å². The molecule has 0 amide bonds. The number of benzene rings is 1.